The molecule has 2 aromatic rings. The lowest BCUT2D eigenvalue weighted by molar-refractivity contribution is 0.336. The van der Waals surface area contributed by atoms with Gasteiger partial charge in [0.15, 0.2) is 0 Å². The lowest BCUT2D eigenvalue weighted by Gasteiger charge is -2.14. The Kier molecular flexibility index (Phi) is 4.31. The van der Waals surface area contributed by atoms with E-state index in [0.29, 0.717) is 21.8 Å². The molecule has 4 nitrogen and oxygen atoms in total. The SMILES string of the molecule is CNC(C)C(C)c1nc(-c2ccc(F)cc2Br)no1. The number of likely N-dealkylation sites (N-methyl/N-ethyl adjacent to an activating group) is 1. The zero-order valence-electron chi connectivity index (χ0n) is 10.9. The van der Waals surface area contributed by atoms with Gasteiger partial charge in [0, 0.05) is 16.1 Å². The van der Waals surface area contributed by atoms with E-state index < -0.39 is 0 Å². The summed E-state index contributed by atoms with van der Waals surface area (Å²) in [6.07, 6.45) is 0. The number of benzene rings is 1. The van der Waals surface area contributed by atoms with Crippen LogP contribution in [0.15, 0.2) is 27.2 Å². The maximum Gasteiger partial charge on any atom is 0.231 e. The summed E-state index contributed by atoms with van der Waals surface area (Å²) >= 11 is 3.30. The van der Waals surface area contributed by atoms with E-state index in [1.54, 1.807) is 6.07 Å². The third-order valence-electron chi connectivity index (χ3n) is 3.21. The van der Waals surface area contributed by atoms with E-state index in [4.69, 9.17) is 4.52 Å². The Morgan fingerprint density at radius 3 is 2.74 bits per heavy atom. The van der Waals surface area contributed by atoms with Gasteiger partial charge in [-0.2, -0.15) is 4.98 Å². The Morgan fingerprint density at radius 2 is 2.11 bits per heavy atom. The molecule has 1 aromatic carbocycles. The summed E-state index contributed by atoms with van der Waals surface area (Å²) in [5.74, 6) is 0.812. The largest absolute Gasteiger partial charge is 0.339 e. The third-order valence-corrected chi connectivity index (χ3v) is 3.86. The van der Waals surface area contributed by atoms with Crippen LogP contribution >= 0.6 is 15.9 Å². The first kappa shape index (κ1) is 14.1. The Balaban J connectivity index is 2.30. The maximum absolute atomic E-state index is 13.0. The highest BCUT2D eigenvalue weighted by molar-refractivity contribution is 9.10. The minimum atomic E-state index is -0.309. The molecule has 0 aliphatic rings. The number of nitrogens with one attached hydrogen (secondary N) is 1. The van der Waals surface area contributed by atoms with E-state index >= 15 is 0 Å². The molecule has 1 aromatic heterocycles. The van der Waals surface area contributed by atoms with Crippen LogP contribution in [-0.4, -0.2) is 23.2 Å². The molecular formula is C13H15BrFN3O. The van der Waals surface area contributed by atoms with Crippen molar-refractivity contribution in [1.82, 2.24) is 15.5 Å². The molecule has 0 aliphatic heterocycles. The van der Waals surface area contributed by atoms with E-state index in [1.165, 1.54) is 12.1 Å². The first-order valence-electron chi connectivity index (χ1n) is 5.99. The molecule has 0 fully saturated rings. The molecule has 2 atom stereocenters. The Morgan fingerprint density at radius 1 is 1.37 bits per heavy atom. The number of aromatic nitrogens is 2. The van der Waals surface area contributed by atoms with Gasteiger partial charge in [0.25, 0.3) is 0 Å². The predicted molar refractivity (Wildman–Crippen MR) is 74.3 cm³/mol. The monoisotopic (exact) mass is 327 g/mol. The summed E-state index contributed by atoms with van der Waals surface area (Å²) in [5, 5.41) is 7.09. The summed E-state index contributed by atoms with van der Waals surface area (Å²) in [5.41, 5.74) is 0.709. The molecule has 0 amide bonds. The summed E-state index contributed by atoms with van der Waals surface area (Å²) in [4.78, 5) is 4.37. The van der Waals surface area contributed by atoms with Gasteiger partial charge in [0.1, 0.15) is 5.82 Å². The van der Waals surface area contributed by atoms with Crippen LogP contribution in [0, 0.1) is 5.82 Å². The number of nitrogens with zero attached hydrogens (tertiary/aromatic N) is 2. The van der Waals surface area contributed by atoms with Gasteiger partial charge in [-0.15, -0.1) is 0 Å². The highest BCUT2D eigenvalue weighted by Gasteiger charge is 2.20. The van der Waals surface area contributed by atoms with Gasteiger partial charge in [0.05, 0.1) is 5.92 Å². The van der Waals surface area contributed by atoms with Crippen LogP contribution in [-0.2, 0) is 0 Å². The zero-order valence-corrected chi connectivity index (χ0v) is 12.5. The van der Waals surface area contributed by atoms with Crippen molar-refractivity contribution in [1.29, 1.82) is 0 Å². The van der Waals surface area contributed by atoms with Gasteiger partial charge < -0.3 is 9.84 Å². The van der Waals surface area contributed by atoms with E-state index in [9.17, 15) is 4.39 Å². The van der Waals surface area contributed by atoms with Crippen molar-refractivity contribution in [2.45, 2.75) is 25.8 Å². The van der Waals surface area contributed by atoms with E-state index in [-0.39, 0.29) is 17.8 Å². The second-order valence-electron chi connectivity index (χ2n) is 4.45. The van der Waals surface area contributed by atoms with E-state index in [0.717, 1.165) is 0 Å². The minimum absolute atomic E-state index is 0.102. The van der Waals surface area contributed by atoms with Gasteiger partial charge in [-0.3, -0.25) is 0 Å². The highest BCUT2D eigenvalue weighted by atomic mass is 79.9. The first-order valence-corrected chi connectivity index (χ1v) is 6.78. The molecule has 2 unspecified atom stereocenters. The average molecular weight is 328 g/mol. The Hall–Kier alpha value is -1.27. The second-order valence-corrected chi connectivity index (χ2v) is 5.30. The van der Waals surface area contributed by atoms with Crippen molar-refractivity contribution in [3.8, 4) is 11.4 Å². The fraction of sp³-hybridized carbons (Fsp3) is 0.385. The summed E-state index contributed by atoms with van der Waals surface area (Å²) in [6, 6.07) is 4.60. The molecule has 1 N–H and O–H groups in total. The van der Waals surface area contributed by atoms with Crippen LogP contribution in [0.2, 0.25) is 0 Å². The molecule has 19 heavy (non-hydrogen) atoms. The van der Waals surface area contributed by atoms with Crippen LogP contribution in [0.1, 0.15) is 25.7 Å². The highest BCUT2D eigenvalue weighted by Crippen LogP contribution is 2.28. The van der Waals surface area contributed by atoms with Gasteiger partial charge in [-0.05, 0) is 48.1 Å². The van der Waals surface area contributed by atoms with Crippen LogP contribution in [0.25, 0.3) is 11.4 Å². The average Bonchev–Trinajstić information content (AvgIpc) is 2.86. The van der Waals surface area contributed by atoms with Gasteiger partial charge in [0.2, 0.25) is 11.7 Å². The fourth-order valence-corrected chi connectivity index (χ4v) is 2.19. The lowest BCUT2D eigenvalue weighted by atomic mass is 10.0. The Labute approximate surface area is 119 Å². The van der Waals surface area contributed by atoms with Crippen molar-refractivity contribution in [3.63, 3.8) is 0 Å². The maximum atomic E-state index is 13.0. The minimum Gasteiger partial charge on any atom is -0.339 e. The lowest BCUT2D eigenvalue weighted by Crippen LogP contribution is -2.27. The summed E-state index contributed by atoms with van der Waals surface area (Å²) in [7, 11) is 1.88. The second kappa shape index (κ2) is 5.79. The molecule has 0 saturated heterocycles. The molecule has 0 bridgehead atoms. The fourth-order valence-electron chi connectivity index (χ4n) is 1.66. The summed E-state index contributed by atoms with van der Waals surface area (Å²) < 4.78 is 18.9. The molecule has 102 valence electrons. The molecule has 0 spiro atoms. The number of rotatable bonds is 4. The molecule has 0 radical (unpaired) electrons. The Bertz CT molecular complexity index is 573. The molecule has 0 aliphatic carbocycles. The van der Waals surface area contributed by atoms with Crippen LogP contribution < -0.4 is 5.32 Å². The first-order chi connectivity index (χ1) is 9.02. The molecule has 0 saturated carbocycles. The molecule has 1 heterocycles. The van der Waals surface area contributed by atoms with Crippen molar-refractivity contribution in [2.24, 2.45) is 0 Å². The smallest absolute Gasteiger partial charge is 0.231 e. The molecular weight excluding hydrogens is 313 g/mol. The topological polar surface area (TPSA) is 51.0 Å². The van der Waals surface area contributed by atoms with E-state index in [1.807, 2.05) is 20.9 Å². The third kappa shape index (κ3) is 3.01. The van der Waals surface area contributed by atoms with Crippen molar-refractivity contribution in [3.05, 3.63) is 34.4 Å². The number of hydrogen-bond donors (Lipinski definition) is 1. The van der Waals surface area contributed by atoms with Crippen molar-refractivity contribution in [2.75, 3.05) is 7.05 Å². The van der Waals surface area contributed by atoms with Crippen LogP contribution in [0.3, 0.4) is 0 Å². The predicted octanol–water partition coefficient (Wildman–Crippen LogP) is 3.35. The standard InChI is InChI=1S/C13H15BrFN3O/c1-7(8(2)16-3)13-17-12(18-19-13)10-5-4-9(15)6-11(10)14/h4-8,16H,1-3H3. The molecule has 2 rings (SSSR count). The normalized spacial score (nSPS) is 14.4. The number of hydrogen-bond acceptors (Lipinski definition) is 4. The van der Waals surface area contributed by atoms with Crippen molar-refractivity contribution < 1.29 is 8.91 Å². The van der Waals surface area contributed by atoms with Gasteiger partial charge >= 0.3 is 0 Å². The summed E-state index contributed by atoms with van der Waals surface area (Å²) in [6.45, 7) is 4.06. The van der Waals surface area contributed by atoms with Gasteiger partial charge in [-0.1, -0.05) is 12.1 Å². The molecule has 6 heteroatoms. The van der Waals surface area contributed by atoms with E-state index in [2.05, 4.69) is 31.4 Å². The van der Waals surface area contributed by atoms with Crippen LogP contribution in [0.4, 0.5) is 4.39 Å². The quantitative estimate of drug-likeness (QED) is 0.935. The number of halogens is 2. The van der Waals surface area contributed by atoms with Crippen LogP contribution in [0.5, 0.6) is 0 Å². The van der Waals surface area contributed by atoms with Crippen molar-refractivity contribution >= 4 is 15.9 Å². The van der Waals surface area contributed by atoms with Gasteiger partial charge in [-0.25, -0.2) is 4.39 Å². The zero-order chi connectivity index (χ0) is 14.0.